The number of pyridine rings is 1. The summed E-state index contributed by atoms with van der Waals surface area (Å²) >= 11 is 8.69. The zero-order valence-electron chi connectivity index (χ0n) is 10.4. The summed E-state index contributed by atoms with van der Waals surface area (Å²) in [7, 11) is 0. The molecule has 0 spiro atoms. The van der Waals surface area contributed by atoms with Gasteiger partial charge in [-0.2, -0.15) is 0 Å². The summed E-state index contributed by atoms with van der Waals surface area (Å²) in [4.78, 5) is 5.58. The lowest BCUT2D eigenvalue weighted by Crippen LogP contribution is -2.18. The average Bonchev–Trinajstić information content (AvgIpc) is 2.34. The molecule has 1 aromatic heterocycles. The molecule has 0 aliphatic heterocycles. The number of nitrogens with zero attached hydrogens (tertiary/aromatic N) is 1. The summed E-state index contributed by atoms with van der Waals surface area (Å²) in [6, 6.07) is 10.3. The van der Waals surface area contributed by atoms with Crippen molar-refractivity contribution in [3.8, 4) is 0 Å². The predicted molar refractivity (Wildman–Crippen MR) is 87.6 cm³/mol. The lowest BCUT2D eigenvalue weighted by molar-refractivity contribution is 0.729. The van der Waals surface area contributed by atoms with Crippen molar-refractivity contribution in [1.29, 1.82) is 0 Å². The van der Waals surface area contributed by atoms with Crippen LogP contribution in [0.15, 0.2) is 55.4 Å². The maximum Gasteiger partial charge on any atom is 0.115 e. The van der Waals surface area contributed by atoms with E-state index in [2.05, 4.69) is 49.0 Å². The van der Waals surface area contributed by atoms with Crippen LogP contribution in [0.4, 0.5) is 0 Å². The number of hydrogen-bond acceptors (Lipinski definition) is 3. The van der Waals surface area contributed by atoms with Crippen LogP contribution in [0, 0.1) is 0 Å². The van der Waals surface area contributed by atoms with Crippen LogP contribution in [-0.4, -0.2) is 11.0 Å². The Morgan fingerprint density at radius 1 is 1.32 bits per heavy atom. The number of nitrogens with two attached hydrogens (primary N) is 1. The maximum absolute atomic E-state index is 5.92. The molecule has 100 valence electrons. The van der Waals surface area contributed by atoms with Gasteiger partial charge >= 0.3 is 0 Å². The predicted octanol–water partition coefficient (Wildman–Crippen LogP) is 4.65. The van der Waals surface area contributed by atoms with Gasteiger partial charge in [0.05, 0.1) is 4.47 Å². The molecule has 0 radical (unpaired) electrons. The first kappa shape index (κ1) is 15.0. The van der Waals surface area contributed by atoms with Gasteiger partial charge in [0.15, 0.2) is 0 Å². The molecule has 2 nitrogen and oxygen atoms in total. The topological polar surface area (TPSA) is 38.9 Å². The third-order valence-electron chi connectivity index (χ3n) is 2.50. The van der Waals surface area contributed by atoms with Gasteiger partial charge in [-0.3, -0.25) is 0 Å². The highest BCUT2D eigenvalue weighted by atomic mass is 79.9. The fraction of sp³-hybridized carbons (Fsp3) is 0.214. The monoisotopic (exact) mass is 400 g/mol. The molecule has 0 aliphatic rings. The van der Waals surface area contributed by atoms with Crippen LogP contribution in [0.3, 0.4) is 0 Å². The van der Waals surface area contributed by atoms with Gasteiger partial charge in [0, 0.05) is 21.6 Å². The smallest absolute Gasteiger partial charge is 0.115 e. The van der Waals surface area contributed by atoms with Crippen molar-refractivity contribution >= 4 is 43.6 Å². The van der Waals surface area contributed by atoms with E-state index in [4.69, 9.17) is 5.73 Å². The molecule has 2 N–H and O–H groups in total. The molecule has 0 bridgehead atoms. The first-order valence-corrected chi connectivity index (χ1v) is 8.29. The Hall–Kier alpha value is -0.360. The third-order valence-corrected chi connectivity index (χ3v) is 5.03. The molecule has 0 aliphatic carbocycles. The summed E-state index contributed by atoms with van der Waals surface area (Å²) in [5.74, 6) is 0. The van der Waals surface area contributed by atoms with E-state index in [0.717, 1.165) is 20.4 Å². The molecule has 1 heterocycles. The standard InChI is InChI=1S/C14H14Br2N2S/c1-9(17)7-10-8-11(15)4-5-13(10)19-14-12(16)3-2-6-18-14/h2-6,8-9H,7,17H2,1H3. The lowest BCUT2D eigenvalue weighted by Gasteiger charge is -2.12. The Balaban J connectivity index is 2.32. The number of aromatic nitrogens is 1. The molecule has 0 saturated heterocycles. The highest BCUT2D eigenvalue weighted by Gasteiger charge is 2.10. The second-order valence-corrected chi connectivity index (χ2v) is 7.13. The summed E-state index contributed by atoms with van der Waals surface area (Å²) in [5.41, 5.74) is 7.16. The van der Waals surface area contributed by atoms with Crippen LogP contribution >= 0.6 is 43.6 Å². The highest BCUT2D eigenvalue weighted by Crippen LogP contribution is 2.35. The molecule has 2 rings (SSSR count). The molecule has 0 amide bonds. The average molecular weight is 402 g/mol. The summed E-state index contributed by atoms with van der Waals surface area (Å²) < 4.78 is 2.09. The number of benzene rings is 1. The molecule has 1 unspecified atom stereocenters. The first-order valence-electron chi connectivity index (χ1n) is 5.88. The van der Waals surface area contributed by atoms with Gasteiger partial charge < -0.3 is 5.73 Å². The van der Waals surface area contributed by atoms with Gasteiger partial charge in [-0.1, -0.05) is 27.7 Å². The SMILES string of the molecule is CC(N)Cc1cc(Br)ccc1Sc1ncccc1Br. The number of hydrogen-bond donors (Lipinski definition) is 1. The summed E-state index contributed by atoms with van der Waals surface area (Å²) in [6.07, 6.45) is 2.66. The van der Waals surface area contributed by atoms with E-state index in [9.17, 15) is 0 Å². The fourth-order valence-corrected chi connectivity index (χ4v) is 3.51. The Kier molecular flexibility index (Phi) is 5.45. The van der Waals surface area contributed by atoms with Crippen molar-refractivity contribution in [2.24, 2.45) is 5.73 Å². The van der Waals surface area contributed by atoms with Gasteiger partial charge in [-0.05, 0) is 65.2 Å². The van der Waals surface area contributed by atoms with Crippen molar-refractivity contribution in [2.75, 3.05) is 0 Å². The molecular weight excluding hydrogens is 388 g/mol. The molecule has 1 aromatic carbocycles. The van der Waals surface area contributed by atoms with E-state index in [-0.39, 0.29) is 6.04 Å². The van der Waals surface area contributed by atoms with E-state index >= 15 is 0 Å². The van der Waals surface area contributed by atoms with Crippen molar-refractivity contribution in [2.45, 2.75) is 29.3 Å². The quantitative estimate of drug-likeness (QED) is 0.810. The van der Waals surface area contributed by atoms with Crippen LogP contribution in [0.1, 0.15) is 12.5 Å². The van der Waals surface area contributed by atoms with Crippen LogP contribution in [-0.2, 0) is 6.42 Å². The largest absolute Gasteiger partial charge is 0.328 e. The molecular formula is C14H14Br2N2S. The summed E-state index contributed by atoms with van der Waals surface area (Å²) in [5, 5.41) is 0.968. The molecule has 5 heteroatoms. The van der Waals surface area contributed by atoms with E-state index in [1.807, 2.05) is 25.1 Å². The van der Waals surface area contributed by atoms with Crippen molar-refractivity contribution in [3.05, 3.63) is 51.0 Å². The van der Waals surface area contributed by atoms with Crippen molar-refractivity contribution in [3.63, 3.8) is 0 Å². The number of rotatable bonds is 4. The lowest BCUT2D eigenvalue weighted by atomic mass is 10.1. The van der Waals surface area contributed by atoms with E-state index < -0.39 is 0 Å². The second-order valence-electron chi connectivity index (χ2n) is 4.33. The minimum absolute atomic E-state index is 0.140. The van der Waals surface area contributed by atoms with Crippen molar-refractivity contribution in [1.82, 2.24) is 4.98 Å². The molecule has 19 heavy (non-hydrogen) atoms. The Morgan fingerprint density at radius 2 is 2.11 bits per heavy atom. The van der Waals surface area contributed by atoms with Crippen LogP contribution in [0.2, 0.25) is 0 Å². The number of halogens is 2. The molecule has 1 atom stereocenters. The van der Waals surface area contributed by atoms with Crippen LogP contribution in [0.5, 0.6) is 0 Å². The molecule has 2 aromatic rings. The Labute approximate surface area is 134 Å². The van der Waals surface area contributed by atoms with Gasteiger partial charge in [0.25, 0.3) is 0 Å². The van der Waals surface area contributed by atoms with Gasteiger partial charge in [0.2, 0.25) is 0 Å². The van der Waals surface area contributed by atoms with Gasteiger partial charge in [-0.25, -0.2) is 4.98 Å². The Bertz CT molecular complexity index is 573. The minimum atomic E-state index is 0.140. The second kappa shape index (κ2) is 6.88. The Morgan fingerprint density at radius 3 is 2.79 bits per heavy atom. The van der Waals surface area contributed by atoms with Gasteiger partial charge in [-0.15, -0.1) is 0 Å². The normalized spacial score (nSPS) is 12.4. The maximum atomic E-state index is 5.92. The third kappa shape index (κ3) is 4.31. The zero-order valence-corrected chi connectivity index (χ0v) is 14.4. The summed E-state index contributed by atoms with van der Waals surface area (Å²) in [6.45, 7) is 2.02. The van der Waals surface area contributed by atoms with E-state index in [1.165, 1.54) is 10.5 Å². The highest BCUT2D eigenvalue weighted by molar-refractivity contribution is 9.10. The van der Waals surface area contributed by atoms with Crippen LogP contribution < -0.4 is 5.73 Å². The fourth-order valence-electron chi connectivity index (χ4n) is 1.70. The van der Waals surface area contributed by atoms with Crippen molar-refractivity contribution < 1.29 is 0 Å². The molecule has 0 fully saturated rings. The first-order chi connectivity index (χ1) is 9.06. The molecule has 0 saturated carbocycles. The van der Waals surface area contributed by atoms with Gasteiger partial charge in [0.1, 0.15) is 5.03 Å². The van der Waals surface area contributed by atoms with E-state index in [0.29, 0.717) is 0 Å². The minimum Gasteiger partial charge on any atom is -0.328 e. The van der Waals surface area contributed by atoms with Crippen LogP contribution in [0.25, 0.3) is 0 Å². The van der Waals surface area contributed by atoms with E-state index in [1.54, 1.807) is 18.0 Å². The zero-order chi connectivity index (χ0) is 13.8.